The summed E-state index contributed by atoms with van der Waals surface area (Å²) in [6.07, 6.45) is -4.70. The van der Waals surface area contributed by atoms with Gasteiger partial charge in [0.1, 0.15) is 0 Å². The monoisotopic (exact) mass is 392 g/mol. The zero-order valence-electron chi connectivity index (χ0n) is 12.4. The number of halogens is 5. The summed E-state index contributed by atoms with van der Waals surface area (Å²) in [6, 6.07) is 2.51. The molecule has 1 aliphatic rings. The number of sulfonamides is 1. The van der Waals surface area contributed by atoms with E-state index in [1.54, 1.807) is 0 Å². The summed E-state index contributed by atoms with van der Waals surface area (Å²) in [4.78, 5) is -0.398. The zero-order valence-corrected chi connectivity index (χ0v) is 14.8. The largest absolute Gasteiger partial charge is 0.417 e. The van der Waals surface area contributed by atoms with Gasteiger partial charge in [-0.05, 0) is 32.0 Å². The van der Waals surface area contributed by atoms with Gasteiger partial charge in [0, 0.05) is 25.2 Å². The van der Waals surface area contributed by atoms with Gasteiger partial charge in [-0.1, -0.05) is 11.6 Å². The first kappa shape index (κ1) is 20.5. The normalized spacial score (nSPS) is 23.4. The molecule has 2 atom stereocenters. The van der Waals surface area contributed by atoms with Crippen LogP contribution < -0.4 is 5.32 Å². The molecule has 2 unspecified atom stereocenters. The molecule has 0 aromatic heterocycles. The van der Waals surface area contributed by atoms with Crippen LogP contribution in [0.1, 0.15) is 19.4 Å². The number of nitrogens with one attached hydrogen (secondary N) is 1. The van der Waals surface area contributed by atoms with Crippen LogP contribution in [0.5, 0.6) is 0 Å². The Bertz CT molecular complexity index is 658. The van der Waals surface area contributed by atoms with Crippen molar-refractivity contribution >= 4 is 34.0 Å². The predicted octanol–water partition coefficient (Wildman–Crippen LogP) is 3.15. The van der Waals surface area contributed by atoms with Gasteiger partial charge in [-0.2, -0.15) is 17.5 Å². The fraction of sp³-hybridized carbons (Fsp3) is 0.538. The molecule has 132 valence electrons. The van der Waals surface area contributed by atoms with E-state index in [4.69, 9.17) is 11.6 Å². The first-order valence-corrected chi connectivity index (χ1v) is 8.46. The van der Waals surface area contributed by atoms with E-state index in [1.807, 2.05) is 13.8 Å². The zero-order chi connectivity index (χ0) is 16.7. The average molecular weight is 393 g/mol. The third kappa shape index (κ3) is 4.51. The Morgan fingerprint density at radius 1 is 1.22 bits per heavy atom. The molecular formula is C13H17Cl2F3N2O2S. The van der Waals surface area contributed by atoms with E-state index in [9.17, 15) is 21.6 Å². The molecule has 10 heteroatoms. The van der Waals surface area contributed by atoms with Crippen LogP contribution in [-0.2, 0) is 16.2 Å². The van der Waals surface area contributed by atoms with Crippen molar-refractivity contribution in [2.45, 2.75) is 37.0 Å². The third-order valence-electron chi connectivity index (χ3n) is 3.41. The standard InChI is InChI=1S/C13H16ClF3N2O2S.ClH/c1-8-6-19(7-9(2)18-8)22(20,21)10-3-4-12(14)11(5-10)13(15,16)17;/h3-5,8-9,18H,6-7H2,1-2H3;1H. The maximum atomic E-state index is 12.9. The minimum absolute atomic E-state index is 0. The van der Waals surface area contributed by atoms with E-state index in [0.717, 1.165) is 12.1 Å². The van der Waals surface area contributed by atoms with Crippen LogP contribution in [0.3, 0.4) is 0 Å². The van der Waals surface area contributed by atoms with Crippen LogP contribution in [0, 0.1) is 0 Å². The van der Waals surface area contributed by atoms with E-state index in [1.165, 1.54) is 4.31 Å². The quantitative estimate of drug-likeness (QED) is 0.840. The second-order valence-electron chi connectivity index (χ2n) is 5.43. The highest BCUT2D eigenvalue weighted by molar-refractivity contribution is 7.89. The summed E-state index contributed by atoms with van der Waals surface area (Å²) in [6.45, 7) is 4.05. The van der Waals surface area contributed by atoms with Crippen molar-refractivity contribution in [3.63, 3.8) is 0 Å². The van der Waals surface area contributed by atoms with Crippen LogP contribution in [0.25, 0.3) is 0 Å². The molecule has 1 heterocycles. The molecule has 2 rings (SSSR count). The lowest BCUT2D eigenvalue weighted by Crippen LogP contribution is -2.55. The summed E-state index contributed by atoms with van der Waals surface area (Å²) >= 11 is 5.52. The first-order chi connectivity index (χ1) is 10.0. The van der Waals surface area contributed by atoms with Gasteiger partial charge in [-0.3, -0.25) is 0 Å². The Kier molecular flexibility index (Phi) is 6.37. The lowest BCUT2D eigenvalue weighted by Gasteiger charge is -2.35. The molecule has 0 aliphatic carbocycles. The van der Waals surface area contributed by atoms with Crippen molar-refractivity contribution < 1.29 is 21.6 Å². The average Bonchev–Trinajstić information content (AvgIpc) is 2.36. The number of hydrogen-bond donors (Lipinski definition) is 1. The van der Waals surface area contributed by atoms with Crippen LogP contribution in [0.2, 0.25) is 5.02 Å². The molecule has 1 fully saturated rings. The van der Waals surface area contributed by atoms with Crippen molar-refractivity contribution in [2.75, 3.05) is 13.1 Å². The third-order valence-corrected chi connectivity index (χ3v) is 5.56. The Hall–Kier alpha value is -0.540. The Labute approximate surface area is 144 Å². The SMILES string of the molecule is CC1CN(S(=O)(=O)c2ccc(Cl)c(C(F)(F)F)c2)CC(C)N1.Cl. The Morgan fingerprint density at radius 2 is 1.74 bits per heavy atom. The van der Waals surface area contributed by atoms with Crippen LogP contribution in [-0.4, -0.2) is 37.9 Å². The van der Waals surface area contributed by atoms with Crippen molar-refractivity contribution in [3.8, 4) is 0 Å². The summed E-state index contributed by atoms with van der Waals surface area (Å²) < 4.78 is 65.0. The van der Waals surface area contributed by atoms with E-state index in [0.29, 0.717) is 6.07 Å². The molecule has 0 amide bonds. The van der Waals surface area contributed by atoms with Crippen LogP contribution in [0.15, 0.2) is 23.1 Å². The minimum Gasteiger partial charge on any atom is -0.309 e. The molecule has 0 radical (unpaired) electrons. The Balaban J connectivity index is 0.00000264. The van der Waals surface area contributed by atoms with Gasteiger partial charge in [0.05, 0.1) is 15.5 Å². The highest BCUT2D eigenvalue weighted by Crippen LogP contribution is 2.36. The van der Waals surface area contributed by atoms with Gasteiger partial charge >= 0.3 is 6.18 Å². The van der Waals surface area contributed by atoms with Crippen molar-refractivity contribution in [3.05, 3.63) is 28.8 Å². The van der Waals surface area contributed by atoms with Crippen molar-refractivity contribution in [1.29, 1.82) is 0 Å². The van der Waals surface area contributed by atoms with Crippen LogP contribution >= 0.6 is 24.0 Å². The Morgan fingerprint density at radius 3 is 2.22 bits per heavy atom. The van der Waals surface area contributed by atoms with Gasteiger partial charge in [-0.15, -0.1) is 12.4 Å². The highest BCUT2D eigenvalue weighted by atomic mass is 35.5. The van der Waals surface area contributed by atoms with Gasteiger partial charge in [0.15, 0.2) is 0 Å². The molecule has 4 nitrogen and oxygen atoms in total. The smallest absolute Gasteiger partial charge is 0.309 e. The van der Waals surface area contributed by atoms with E-state index in [2.05, 4.69) is 5.32 Å². The molecule has 1 aromatic carbocycles. The highest BCUT2D eigenvalue weighted by Gasteiger charge is 2.36. The molecule has 0 bridgehead atoms. The fourth-order valence-corrected chi connectivity index (χ4v) is 4.37. The van der Waals surface area contributed by atoms with Gasteiger partial charge < -0.3 is 5.32 Å². The molecule has 1 aliphatic heterocycles. The summed E-state index contributed by atoms with van der Waals surface area (Å²) in [5.41, 5.74) is -1.15. The second-order valence-corrected chi connectivity index (χ2v) is 7.78. The topological polar surface area (TPSA) is 49.4 Å². The van der Waals surface area contributed by atoms with Gasteiger partial charge in [0.25, 0.3) is 0 Å². The number of benzene rings is 1. The van der Waals surface area contributed by atoms with Crippen molar-refractivity contribution in [1.82, 2.24) is 9.62 Å². The fourth-order valence-electron chi connectivity index (χ4n) is 2.50. The minimum atomic E-state index is -4.70. The molecular weight excluding hydrogens is 376 g/mol. The lowest BCUT2D eigenvalue weighted by molar-refractivity contribution is -0.137. The summed E-state index contributed by atoms with van der Waals surface area (Å²) in [7, 11) is -3.99. The summed E-state index contributed by atoms with van der Waals surface area (Å²) in [5, 5.41) is 2.65. The lowest BCUT2D eigenvalue weighted by atomic mass is 10.2. The molecule has 1 aromatic rings. The molecule has 23 heavy (non-hydrogen) atoms. The number of nitrogens with zero attached hydrogens (tertiary/aromatic N) is 1. The van der Waals surface area contributed by atoms with E-state index < -0.39 is 31.7 Å². The molecule has 0 saturated carbocycles. The van der Waals surface area contributed by atoms with Crippen LogP contribution in [0.4, 0.5) is 13.2 Å². The summed E-state index contributed by atoms with van der Waals surface area (Å²) in [5.74, 6) is 0. The van der Waals surface area contributed by atoms with Gasteiger partial charge in [0.2, 0.25) is 10.0 Å². The molecule has 0 spiro atoms. The maximum absolute atomic E-state index is 12.9. The van der Waals surface area contributed by atoms with E-state index in [-0.39, 0.29) is 37.6 Å². The van der Waals surface area contributed by atoms with Crippen molar-refractivity contribution in [2.24, 2.45) is 0 Å². The van der Waals surface area contributed by atoms with Gasteiger partial charge in [-0.25, -0.2) is 8.42 Å². The first-order valence-electron chi connectivity index (χ1n) is 6.64. The molecule has 1 saturated heterocycles. The predicted molar refractivity (Wildman–Crippen MR) is 84.5 cm³/mol. The van der Waals surface area contributed by atoms with E-state index >= 15 is 0 Å². The number of rotatable bonds is 2. The maximum Gasteiger partial charge on any atom is 0.417 e. The number of alkyl halides is 3. The molecule has 1 N–H and O–H groups in total. The second kappa shape index (κ2) is 7.14. The number of hydrogen-bond acceptors (Lipinski definition) is 3. The number of piperazine rings is 1.